The largest absolute Gasteiger partial charge is 0.352 e. The highest BCUT2D eigenvalue weighted by Gasteiger charge is 2.24. The van der Waals surface area contributed by atoms with Crippen molar-refractivity contribution in [1.29, 1.82) is 0 Å². The van der Waals surface area contributed by atoms with Gasteiger partial charge in [0.2, 0.25) is 5.91 Å². The first-order chi connectivity index (χ1) is 12.5. The number of benzene rings is 2. The molecule has 2 rings (SSSR count). The minimum Gasteiger partial charge on any atom is -0.352 e. The van der Waals surface area contributed by atoms with Crippen LogP contribution in [0.4, 0.5) is 0 Å². The molecule has 1 unspecified atom stereocenters. The molecule has 0 aliphatic carbocycles. The SMILES string of the molecule is CC(C)NC(=O)CNC(=O)C[NH+](C)C(c1ccccc1)c1ccccc1. The van der Waals surface area contributed by atoms with Crippen LogP contribution >= 0.6 is 0 Å². The molecule has 2 amide bonds. The first kappa shape index (κ1) is 19.7. The Morgan fingerprint density at radius 1 is 0.885 bits per heavy atom. The monoisotopic (exact) mass is 354 g/mol. The van der Waals surface area contributed by atoms with Gasteiger partial charge in [-0.05, 0) is 13.8 Å². The fourth-order valence-corrected chi connectivity index (χ4v) is 3.02. The predicted molar refractivity (Wildman–Crippen MR) is 103 cm³/mol. The number of hydrogen-bond acceptors (Lipinski definition) is 2. The van der Waals surface area contributed by atoms with Crippen molar-refractivity contribution >= 4 is 11.8 Å². The molecule has 2 aromatic rings. The van der Waals surface area contributed by atoms with E-state index in [4.69, 9.17) is 0 Å². The standard InChI is InChI=1S/C21H27N3O2/c1-16(2)23-19(25)14-22-20(26)15-24(3)21(17-10-6-4-7-11-17)18-12-8-5-9-13-18/h4-13,16,21H,14-15H2,1-3H3,(H,22,26)(H,23,25)/p+1. The quantitative estimate of drug-likeness (QED) is 0.660. The summed E-state index contributed by atoms with van der Waals surface area (Å²) in [4.78, 5) is 25.0. The van der Waals surface area contributed by atoms with Crippen molar-refractivity contribution < 1.29 is 14.5 Å². The molecule has 1 atom stereocenters. The van der Waals surface area contributed by atoms with E-state index in [1.165, 1.54) is 0 Å². The van der Waals surface area contributed by atoms with Crippen LogP contribution in [-0.2, 0) is 9.59 Å². The van der Waals surface area contributed by atoms with E-state index in [1.54, 1.807) is 0 Å². The molecule has 0 saturated carbocycles. The molecule has 0 radical (unpaired) electrons. The van der Waals surface area contributed by atoms with Gasteiger partial charge in [-0.3, -0.25) is 9.59 Å². The molecule has 0 spiro atoms. The van der Waals surface area contributed by atoms with E-state index in [9.17, 15) is 9.59 Å². The van der Waals surface area contributed by atoms with Crippen LogP contribution in [0.15, 0.2) is 60.7 Å². The average Bonchev–Trinajstić information content (AvgIpc) is 2.61. The highest BCUT2D eigenvalue weighted by molar-refractivity contribution is 5.85. The van der Waals surface area contributed by atoms with Crippen molar-refractivity contribution in [2.24, 2.45) is 0 Å². The molecule has 0 aliphatic heterocycles. The summed E-state index contributed by atoms with van der Waals surface area (Å²) < 4.78 is 0. The van der Waals surface area contributed by atoms with Gasteiger partial charge in [-0.25, -0.2) is 0 Å². The molecule has 26 heavy (non-hydrogen) atoms. The van der Waals surface area contributed by atoms with Gasteiger partial charge in [-0.2, -0.15) is 0 Å². The van der Waals surface area contributed by atoms with Crippen molar-refractivity contribution in [2.75, 3.05) is 20.1 Å². The molecule has 0 heterocycles. The lowest BCUT2D eigenvalue weighted by molar-refractivity contribution is -0.898. The van der Waals surface area contributed by atoms with Crippen LogP contribution in [-0.4, -0.2) is 38.0 Å². The Morgan fingerprint density at radius 2 is 1.38 bits per heavy atom. The van der Waals surface area contributed by atoms with E-state index in [2.05, 4.69) is 34.9 Å². The van der Waals surface area contributed by atoms with Gasteiger partial charge in [0, 0.05) is 17.2 Å². The number of nitrogens with one attached hydrogen (secondary N) is 3. The van der Waals surface area contributed by atoms with E-state index < -0.39 is 0 Å². The molecule has 0 saturated heterocycles. The van der Waals surface area contributed by atoms with Crippen LogP contribution in [0.3, 0.4) is 0 Å². The third-order valence-electron chi connectivity index (χ3n) is 4.09. The van der Waals surface area contributed by atoms with Gasteiger partial charge in [0.15, 0.2) is 6.54 Å². The summed E-state index contributed by atoms with van der Waals surface area (Å²) in [5.74, 6) is -0.313. The zero-order chi connectivity index (χ0) is 18.9. The van der Waals surface area contributed by atoms with Gasteiger partial charge in [0.25, 0.3) is 5.91 Å². The van der Waals surface area contributed by atoms with Crippen LogP contribution in [0, 0.1) is 0 Å². The molecule has 5 heteroatoms. The number of rotatable bonds is 8. The lowest BCUT2D eigenvalue weighted by Gasteiger charge is -2.25. The minimum absolute atomic E-state index is 0.00559. The summed E-state index contributed by atoms with van der Waals surface area (Å²) in [7, 11) is 2.00. The maximum atomic E-state index is 12.3. The average molecular weight is 354 g/mol. The van der Waals surface area contributed by atoms with Gasteiger partial charge in [-0.15, -0.1) is 0 Å². The third kappa shape index (κ3) is 6.01. The van der Waals surface area contributed by atoms with E-state index >= 15 is 0 Å². The van der Waals surface area contributed by atoms with Gasteiger partial charge >= 0.3 is 0 Å². The normalized spacial score (nSPS) is 12.0. The predicted octanol–water partition coefficient (Wildman–Crippen LogP) is 0.932. The molecule has 0 aromatic heterocycles. The van der Waals surface area contributed by atoms with Crippen molar-refractivity contribution in [1.82, 2.24) is 10.6 Å². The second-order valence-corrected chi connectivity index (χ2v) is 6.78. The molecule has 2 aromatic carbocycles. The van der Waals surface area contributed by atoms with E-state index in [1.807, 2.05) is 57.3 Å². The fraction of sp³-hybridized carbons (Fsp3) is 0.333. The molecular weight excluding hydrogens is 326 g/mol. The van der Waals surface area contributed by atoms with Crippen molar-refractivity contribution in [2.45, 2.75) is 25.9 Å². The Labute approximate surface area is 155 Å². The summed E-state index contributed by atoms with van der Waals surface area (Å²) in [5.41, 5.74) is 2.31. The Morgan fingerprint density at radius 3 is 1.85 bits per heavy atom. The number of hydrogen-bond donors (Lipinski definition) is 3. The van der Waals surface area contributed by atoms with Crippen molar-refractivity contribution in [3.63, 3.8) is 0 Å². The lowest BCUT2D eigenvalue weighted by atomic mass is 9.97. The van der Waals surface area contributed by atoms with E-state index in [-0.39, 0.29) is 37.0 Å². The topological polar surface area (TPSA) is 62.6 Å². The first-order valence-electron chi connectivity index (χ1n) is 8.95. The second kappa shape index (κ2) is 9.73. The highest BCUT2D eigenvalue weighted by Crippen LogP contribution is 2.18. The van der Waals surface area contributed by atoms with Gasteiger partial charge in [0.05, 0.1) is 13.6 Å². The molecule has 0 aliphatic rings. The number of likely N-dealkylation sites (N-methyl/N-ethyl adjacent to an activating group) is 1. The Bertz CT molecular complexity index is 662. The third-order valence-corrected chi connectivity index (χ3v) is 4.09. The highest BCUT2D eigenvalue weighted by atomic mass is 16.2. The smallest absolute Gasteiger partial charge is 0.275 e. The van der Waals surface area contributed by atoms with Gasteiger partial charge in [0.1, 0.15) is 6.04 Å². The summed E-state index contributed by atoms with van der Waals surface area (Å²) >= 11 is 0. The summed E-state index contributed by atoms with van der Waals surface area (Å²) in [5, 5.41) is 5.47. The van der Waals surface area contributed by atoms with Crippen LogP contribution in [0.2, 0.25) is 0 Å². The maximum absolute atomic E-state index is 12.3. The number of quaternary nitrogens is 1. The van der Waals surface area contributed by atoms with Crippen molar-refractivity contribution in [3.05, 3.63) is 71.8 Å². The Balaban J connectivity index is 2.04. The van der Waals surface area contributed by atoms with Crippen molar-refractivity contribution in [3.8, 4) is 0 Å². The van der Waals surface area contributed by atoms with Gasteiger partial charge < -0.3 is 15.5 Å². The zero-order valence-corrected chi connectivity index (χ0v) is 15.7. The number of carbonyl (C=O) groups is 2. The Kier molecular flexibility index (Phi) is 7.36. The molecule has 5 nitrogen and oxygen atoms in total. The zero-order valence-electron chi connectivity index (χ0n) is 15.7. The molecule has 138 valence electrons. The molecule has 0 bridgehead atoms. The number of carbonyl (C=O) groups excluding carboxylic acids is 2. The number of amides is 2. The van der Waals surface area contributed by atoms with Crippen LogP contribution in [0.5, 0.6) is 0 Å². The molecule has 3 N–H and O–H groups in total. The second-order valence-electron chi connectivity index (χ2n) is 6.78. The maximum Gasteiger partial charge on any atom is 0.275 e. The van der Waals surface area contributed by atoms with Crippen LogP contribution in [0.25, 0.3) is 0 Å². The summed E-state index contributed by atoms with van der Waals surface area (Å²) in [6, 6.07) is 20.4. The summed E-state index contributed by atoms with van der Waals surface area (Å²) in [6.45, 7) is 4.07. The van der Waals surface area contributed by atoms with Crippen LogP contribution < -0.4 is 15.5 Å². The summed E-state index contributed by atoms with van der Waals surface area (Å²) in [6.07, 6.45) is 0. The van der Waals surface area contributed by atoms with Gasteiger partial charge in [-0.1, -0.05) is 60.7 Å². The van der Waals surface area contributed by atoms with E-state index in [0.717, 1.165) is 16.0 Å². The Hall–Kier alpha value is -2.66. The first-order valence-corrected chi connectivity index (χ1v) is 8.95. The van der Waals surface area contributed by atoms with E-state index in [0.29, 0.717) is 0 Å². The fourth-order valence-electron chi connectivity index (χ4n) is 3.02. The molecular formula is C21H28N3O2+. The van der Waals surface area contributed by atoms with Crippen LogP contribution in [0.1, 0.15) is 31.0 Å². The molecule has 0 fully saturated rings. The minimum atomic E-state index is -0.173. The lowest BCUT2D eigenvalue weighted by Crippen LogP contribution is -3.10.